The van der Waals surface area contributed by atoms with Gasteiger partial charge in [0.1, 0.15) is 5.76 Å². The lowest BCUT2D eigenvalue weighted by molar-refractivity contribution is 0.175. The minimum atomic E-state index is 0.665. The van der Waals surface area contributed by atoms with Gasteiger partial charge in [-0.2, -0.15) is 0 Å². The number of hydrogen-bond donors (Lipinski definition) is 1. The van der Waals surface area contributed by atoms with Gasteiger partial charge in [-0.25, -0.2) is 0 Å². The molecule has 1 N–H and O–H groups in total. The molecule has 1 saturated heterocycles. The fourth-order valence-corrected chi connectivity index (χ4v) is 2.20. The third-order valence-corrected chi connectivity index (χ3v) is 2.94. The molecule has 1 aromatic rings. The van der Waals surface area contributed by atoms with Crippen molar-refractivity contribution in [2.45, 2.75) is 32.4 Å². The molecule has 0 bridgehead atoms. The maximum Gasteiger partial charge on any atom is 0.117 e. The van der Waals surface area contributed by atoms with Gasteiger partial charge in [0.15, 0.2) is 0 Å². The third kappa shape index (κ3) is 3.08. The summed E-state index contributed by atoms with van der Waals surface area (Å²) in [5, 5.41) is 3.56. The first-order valence-corrected chi connectivity index (χ1v) is 5.86. The Balaban J connectivity index is 1.82. The molecule has 0 amide bonds. The largest absolute Gasteiger partial charge is 0.468 e. The predicted molar refractivity (Wildman–Crippen MR) is 60.7 cm³/mol. The van der Waals surface area contributed by atoms with Crippen LogP contribution in [0, 0.1) is 0 Å². The zero-order chi connectivity index (χ0) is 10.5. The minimum Gasteiger partial charge on any atom is -0.468 e. The highest BCUT2D eigenvalue weighted by Crippen LogP contribution is 2.10. The van der Waals surface area contributed by atoms with Crippen molar-refractivity contribution < 1.29 is 4.42 Å². The number of piperazine rings is 1. The van der Waals surface area contributed by atoms with Gasteiger partial charge in [0.25, 0.3) is 0 Å². The average molecular weight is 208 g/mol. The van der Waals surface area contributed by atoms with Gasteiger partial charge >= 0.3 is 0 Å². The topological polar surface area (TPSA) is 28.4 Å². The summed E-state index contributed by atoms with van der Waals surface area (Å²) in [5.41, 5.74) is 0. The Morgan fingerprint density at radius 2 is 2.53 bits per heavy atom. The van der Waals surface area contributed by atoms with Crippen molar-refractivity contribution in [2.75, 3.05) is 19.6 Å². The van der Waals surface area contributed by atoms with Crippen LogP contribution >= 0.6 is 0 Å². The second kappa shape index (κ2) is 5.33. The van der Waals surface area contributed by atoms with Crippen LogP contribution in [-0.2, 0) is 6.54 Å². The summed E-state index contributed by atoms with van der Waals surface area (Å²) in [5.74, 6) is 1.08. The lowest BCUT2D eigenvalue weighted by Gasteiger charge is -2.33. The van der Waals surface area contributed by atoms with Crippen LogP contribution in [0.25, 0.3) is 0 Å². The van der Waals surface area contributed by atoms with Crippen molar-refractivity contribution >= 4 is 0 Å². The summed E-state index contributed by atoms with van der Waals surface area (Å²) in [6.07, 6.45) is 4.28. The van der Waals surface area contributed by atoms with E-state index in [9.17, 15) is 0 Å². The van der Waals surface area contributed by atoms with Crippen LogP contribution in [-0.4, -0.2) is 30.6 Å². The van der Waals surface area contributed by atoms with Gasteiger partial charge in [0.2, 0.25) is 0 Å². The van der Waals surface area contributed by atoms with E-state index in [2.05, 4.69) is 23.2 Å². The first kappa shape index (κ1) is 10.7. The molecule has 84 valence electrons. The van der Waals surface area contributed by atoms with E-state index in [-0.39, 0.29) is 0 Å². The van der Waals surface area contributed by atoms with Crippen molar-refractivity contribution in [1.82, 2.24) is 10.2 Å². The smallest absolute Gasteiger partial charge is 0.117 e. The Labute approximate surface area is 91.4 Å². The minimum absolute atomic E-state index is 0.665. The van der Waals surface area contributed by atoms with E-state index < -0.39 is 0 Å². The highest BCUT2D eigenvalue weighted by Gasteiger charge is 2.18. The summed E-state index contributed by atoms with van der Waals surface area (Å²) in [7, 11) is 0. The van der Waals surface area contributed by atoms with E-state index >= 15 is 0 Å². The van der Waals surface area contributed by atoms with Gasteiger partial charge in [-0.3, -0.25) is 4.90 Å². The van der Waals surface area contributed by atoms with E-state index in [1.165, 1.54) is 12.8 Å². The monoisotopic (exact) mass is 208 g/mol. The molecule has 2 heterocycles. The van der Waals surface area contributed by atoms with Crippen LogP contribution in [0.3, 0.4) is 0 Å². The first-order chi connectivity index (χ1) is 7.38. The Morgan fingerprint density at radius 1 is 1.60 bits per heavy atom. The maximum absolute atomic E-state index is 5.37. The SMILES string of the molecule is CCCC1CN(Cc2ccco2)CCN1. The fourth-order valence-electron chi connectivity index (χ4n) is 2.20. The van der Waals surface area contributed by atoms with Gasteiger partial charge in [-0.1, -0.05) is 13.3 Å². The second-order valence-corrected chi connectivity index (χ2v) is 4.25. The summed E-state index contributed by atoms with van der Waals surface area (Å²) >= 11 is 0. The van der Waals surface area contributed by atoms with Gasteiger partial charge in [-0.05, 0) is 18.6 Å². The molecule has 0 aromatic carbocycles. The molecule has 0 saturated carbocycles. The lowest BCUT2D eigenvalue weighted by atomic mass is 10.1. The van der Waals surface area contributed by atoms with Crippen LogP contribution in [0.4, 0.5) is 0 Å². The zero-order valence-electron chi connectivity index (χ0n) is 9.41. The van der Waals surface area contributed by atoms with Gasteiger partial charge in [0.05, 0.1) is 12.8 Å². The van der Waals surface area contributed by atoms with E-state index in [0.29, 0.717) is 6.04 Å². The standard InChI is InChI=1S/C12H20N2O/c1-2-4-11-9-14(7-6-13-11)10-12-5-3-8-15-12/h3,5,8,11,13H,2,4,6-7,9-10H2,1H3. The second-order valence-electron chi connectivity index (χ2n) is 4.25. The van der Waals surface area contributed by atoms with Crippen LogP contribution < -0.4 is 5.32 Å². The van der Waals surface area contributed by atoms with Crippen LogP contribution in [0.15, 0.2) is 22.8 Å². The molecule has 0 radical (unpaired) electrons. The van der Waals surface area contributed by atoms with E-state index in [0.717, 1.165) is 31.9 Å². The highest BCUT2D eigenvalue weighted by atomic mass is 16.3. The summed E-state index contributed by atoms with van der Waals surface area (Å²) < 4.78 is 5.37. The highest BCUT2D eigenvalue weighted by molar-refractivity contribution is 4.98. The Kier molecular flexibility index (Phi) is 3.80. The van der Waals surface area contributed by atoms with E-state index in [4.69, 9.17) is 4.42 Å². The molecule has 1 aliphatic heterocycles. The molecule has 3 heteroatoms. The van der Waals surface area contributed by atoms with Crippen molar-refractivity contribution in [3.63, 3.8) is 0 Å². The summed E-state index contributed by atoms with van der Waals surface area (Å²) in [6.45, 7) is 6.57. The fraction of sp³-hybridized carbons (Fsp3) is 0.667. The normalized spacial score (nSPS) is 23.1. The van der Waals surface area contributed by atoms with Crippen molar-refractivity contribution in [3.05, 3.63) is 24.2 Å². The zero-order valence-corrected chi connectivity index (χ0v) is 9.41. The predicted octanol–water partition coefficient (Wildman–Crippen LogP) is 1.85. The van der Waals surface area contributed by atoms with Crippen molar-refractivity contribution in [1.29, 1.82) is 0 Å². The van der Waals surface area contributed by atoms with Gasteiger partial charge in [-0.15, -0.1) is 0 Å². The summed E-state index contributed by atoms with van der Waals surface area (Å²) in [4.78, 5) is 2.47. The van der Waals surface area contributed by atoms with Crippen molar-refractivity contribution in [3.8, 4) is 0 Å². The van der Waals surface area contributed by atoms with Gasteiger partial charge in [0, 0.05) is 25.7 Å². The van der Waals surface area contributed by atoms with Crippen LogP contribution in [0.2, 0.25) is 0 Å². The first-order valence-electron chi connectivity index (χ1n) is 5.86. The Morgan fingerprint density at radius 3 is 3.27 bits per heavy atom. The van der Waals surface area contributed by atoms with Crippen LogP contribution in [0.1, 0.15) is 25.5 Å². The molecule has 1 atom stereocenters. The number of nitrogens with one attached hydrogen (secondary N) is 1. The van der Waals surface area contributed by atoms with Crippen molar-refractivity contribution in [2.24, 2.45) is 0 Å². The molecule has 0 spiro atoms. The number of hydrogen-bond acceptors (Lipinski definition) is 3. The molecule has 3 nitrogen and oxygen atoms in total. The number of rotatable bonds is 4. The van der Waals surface area contributed by atoms with E-state index in [1.54, 1.807) is 6.26 Å². The van der Waals surface area contributed by atoms with Crippen LogP contribution in [0.5, 0.6) is 0 Å². The molecular formula is C12H20N2O. The number of furan rings is 1. The molecular weight excluding hydrogens is 188 g/mol. The average Bonchev–Trinajstić information content (AvgIpc) is 2.71. The van der Waals surface area contributed by atoms with E-state index in [1.807, 2.05) is 6.07 Å². The molecule has 1 aliphatic rings. The number of nitrogens with zero attached hydrogens (tertiary/aromatic N) is 1. The van der Waals surface area contributed by atoms with Gasteiger partial charge < -0.3 is 9.73 Å². The lowest BCUT2D eigenvalue weighted by Crippen LogP contribution is -2.50. The third-order valence-electron chi connectivity index (χ3n) is 2.94. The Hall–Kier alpha value is -0.800. The quantitative estimate of drug-likeness (QED) is 0.818. The Bertz CT molecular complexity index is 269. The maximum atomic E-state index is 5.37. The molecule has 15 heavy (non-hydrogen) atoms. The molecule has 1 unspecified atom stereocenters. The molecule has 1 aromatic heterocycles. The molecule has 2 rings (SSSR count). The summed E-state index contributed by atoms with van der Waals surface area (Å²) in [6, 6.07) is 4.68. The molecule has 0 aliphatic carbocycles. The molecule has 1 fully saturated rings.